The fourth-order valence-electron chi connectivity index (χ4n) is 3.07. The highest BCUT2D eigenvalue weighted by atomic mass is 32.1. The third-order valence-electron chi connectivity index (χ3n) is 4.33. The zero-order valence-electron chi connectivity index (χ0n) is 13.4. The smallest absolute Gasteiger partial charge is 0.265 e. The molecule has 3 rings (SSSR count). The lowest BCUT2D eigenvalue weighted by atomic mass is 10.0. The molecule has 2 aromatic rings. The Balaban J connectivity index is 1.71. The largest absolute Gasteiger partial charge is 0.349 e. The summed E-state index contributed by atoms with van der Waals surface area (Å²) in [6, 6.07) is 10.7. The van der Waals surface area contributed by atoms with E-state index in [9.17, 15) is 4.79 Å². The van der Waals surface area contributed by atoms with Crippen LogP contribution >= 0.6 is 11.5 Å². The first-order chi connectivity index (χ1) is 11.3. The van der Waals surface area contributed by atoms with Crippen LogP contribution in [-0.4, -0.2) is 40.0 Å². The molecule has 0 radical (unpaired) electrons. The standard InChI is InChI=1S/C17H22N4OS/c1-13-16(23-20-19-13)17(22)18-12-15(14-8-4-2-5-9-14)21-10-6-3-7-11-21/h2,4-5,8-9,15H,3,6-7,10-12H2,1H3,(H,18,22)/t15-/m0/s1. The molecule has 1 aromatic carbocycles. The van der Waals surface area contributed by atoms with Gasteiger partial charge < -0.3 is 5.32 Å². The Hall–Kier alpha value is -1.79. The molecule has 23 heavy (non-hydrogen) atoms. The quantitative estimate of drug-likeness (QED) is 0.916. The molecule has 0 aliphatic carbocycles. The maximum Gasteiger partial charge on any atom is 0.265 e. The normalized spacial score (nSPS) is 16.9. The molecule has 1 aliphatic heterocycles. The van der Waals surface area contributed by atoms with Crippen molar-refractivity contribution in [2.24, 2.45) is 0 Å². The molecule has 1 N–H and O–H groups in total. The van der Waals surface area contributed by atoms with Crippen LogP contribution in [0.3, 0.4) is 0 Å². The van der Waals surface area contributed by atoms with E-state index in [2.05, 4.69) is 44.1 Å². The Morgan fingerprint density at radius 3 is 2.65 bits per heavy atom. The van der Waals surface area contributed by atoms with Crippen molar-refractivity contribution in [3.8, 4) is 0 Å². The van der Waals surface area contributed by atoms with Gasteiger partial charge >= 0.3 is 0 Å². The van der Waals surface area contributed by atoms with Crippen molar-refractivity contribution in [2.45, 2.75) is 32.2 Å². The topological polar surface area (TPSA) is 58.1 Å². The highest BCUT2D eigenvalue weighted by Crippen LogP contribution is 2.24. The summed E-state index contributed by atoms with van der Waals surface area (Å²) < 4.78 is 3.84. The van der Waals surface area contributed by atoms with Gasteiger partial charge in [0.25, 0.3) is 5.91 Å². The molecule has 1 aromatic heterocycles. The number of carbonyl (C=O) groups excluding carboxylic acids is 1. The van der Waals surface area contributed by atoms with Crippen LogP contribution in [0.4, 0.5) is 0 Å². The molecular weight excluding hydrogens is 308 g/mol. The lowest BCUT2D eigenvalue weighted by Crippen LogP contribution is -2.40. The molecule has 1 aliphatic rings. The minimum atomic E-state index is -0.0737. The van der Waals surface area contributed by atoms with Crippen LogP contribution in [0.2, 0.25) is 0 Å². The van der Waals surface area contributed by atoms with Gasteiger partial charge in [0, 0.05) is 6.54 Å². The highest BCUT2D eigenvalue weighted by molar-refractivity contribution is 7.07. The molecule has 1 fully saturated rings. The van der Waals surface area contributed by atoms with Crippen molar-refractivity contribution < 1.29 is 4.79 Å². The maximum atomic E-state index is 12.3. The summed E-state index contributed by atoms with van der Waals surface area (Å²) in [7, 11) is 0. The second-order valence-electron chi connectivity index (χ2n) is 5.92. The Bertz CT molecular complexity index is 637. The molecule has 2 heterocycles. The van der Waals surface area contributed by atoms with Gasteiger partial charge in [-0.2, -0.15) is 0 Å². The van der Waals surface area contributed by atoms with E-state index in [4.69, 9.17) is 0 Å². The van der Waals surface area contributed by atoms with Crippen LogP contribution < -0.4 is 5.32 Å². The number of amides is 1. The van der Waals surface area contributed by atoms with Gasteiger partial charge in [-0.25, -0.2) is 0 Å². The SMILES string of the molecule is Cc1nnsc1C(=O)NC[C@@H](c1ccccc1)N1CCCCC1. The average Bonchev–Trinajstić information content (AvgIpc) is 3.03. The van der Waals surface area contributed by atoms with Crippen LogP contribution in [0.1, 0.15) is 46.2 Å². The van der Waals surface area contributed by atoms with Crippen LogP contribution in [-0.2, 0) is 0 Å². The Morgan fingerprint density at radius 1 is 1.26 bits per heavy atom. The number of aromatic nitrogens is 2. The van der Waals surface area contributed by atoms with Gasteiger partial charge in [0.1, 0.15) is 4.88 Å². The highest BCUT2D eigenvalue weighted by Gasteiger charge is 2.23. The summed E-state index contributed by atoms with van der Waals surface area (Å²) in [5, 5.41) is 6.98. The lowest BCUT2D eigenvalue weighted by Gasteiger charge is -2.35. The van der Waals surface area contributed by atoms with Crippen LogP contribution in [0.25, 0.3) is 0 Å². The van der Waals surface area contributed by atoms with E-state index < -0.39 is 0 Å². The molecular formula is C17H22N4OS. The van der Waals surface area contributed by atoms with Crippen molar-refractivity contribution in [2.75, 3.05) is 19.6 Å². The van der Waals surface area contributed by atoms with Gasteiger partial charge in [-0.3, -0.25) is 9.69 Å². The third kappa shape index (κ3) is 3.95. The number of nitrogens with one attached hydrogen (secondary N) is 1. The summed E-state index contributed by atoms with van der Waals surface area (Å²) in [4.78, 5) is 15.4. The maximum absolute atomic E-state index is 12.3. The molecule has 1 amide bonds. The molecule has 0 saturated carbocycles. The van der Waals surface area contributed by atoms with E-state index in [0.29, 0.717) is 17.1 Å². The number of nitrogens with zero attached hydrogens (tertiary/aromatic N) is 3. The van der Waals surface area contributed by atoms with Crippen molar-refractivity contribution in [1.82, 2.24) is 19.8 Å². The van der Waals surface area contributed by atoms with E-state index in [0.717, 1.165) is 24.6 Å². The molecule has 5 nitrogen and oxygen atoms in total. The Morgan fingerprint density at radius 2 is 2.00 bits per heavy atom. The van der Waals surface area contributed by atoms with Gasteiger partial charge in [-0.15, -0.1) is 5.10 Å². The first-order valence-electron chi connectivity index (χ1n) is 8.12. The first kappa shape index (κ1) is 16.1. The number of hydrogen-bond donors (Lipinski definition) is 1. The van der Waals surface area contributed by atoms with E-state index in [-0.39, 0.29) is 11.9 Å². The monoisotopic (exact) mass is 330 g/mol. The van der Waals surface area contributed by atoms with Crippen LogP contribution in [0.5, 0.6) is 0 Å². The number of piperidine rings is 1. The zero-order valence-corrected chi connectivity index (χ0v) is 14.2. The summed E-state index contributed by atoms with van der Waals surface area (Å²) >= 11 is 1.15. The molecule has 0 spiro atoms. The zero-order chi connectivity index (χ0) is 16.1. The number of benzene rings is 1. The number of carbonyl (C=O) groups is 1. The van der Waals surface area contributed by atoms with Crippen molar-refractivity contribution in [1.29, 1.82) is 0 Å². The van der Waals surface area contributed by atoms with Gasteiger partial charge in [0.2, 0.25) is 0 Å². The fourth-order valence-corrected chi connectivity index (χ4v) is 3.65. The Labute approximate surface area is 140 Å². The fraction of sp³-hybridized carbons (Fsp3) is 0.471. The molecule has 0 unspecified atom stereocenters. The van der Waals surface area contributed by atoms with Gasteiger partial charge in [0.15, 0.2) is 0 Å². The van der Waals surface area contributed by atoms with Gasteiger partial charge in [-0.05, 0) is 50.0 Å². The van der Waals surface area contributed by atoms with Crippen LogP contribution in [0, 0.1) is 6.92 Å². The molecule has 0 bridgehead atoms. The number of likely N-dealkylation sites (tertiary alicyclic amines) is 1. The first-order valence-corrected chi connectivity index (χ1v) is 8.89. The van der Waals surface area contributed by atoms with Gasteiger partial charge in [0.05, 0.1) is 11.7 Å². The Kier molecular flexibility index (Phi) is 5.35. The summed E-state index contributed by atoms with van der Waals surface area (Å²) in [5.74, 6) is -0.0737. The minimum Gasteiger partial charge on any atom is -0.349 e. The second kappa shape index (κ2) is 7.66. The molecule has 6 heteroatoms. The van der Waals surface area contributed by atoms with Crippen molar-refractivity contribution in [3.05, 3.63) is 46.5 Å². The molecule has 122 valence electrons. The minimum absolute atomic E-state index is 0.0737. The predicted octanol–water partition coefficient (Wildman–Crippen LogP) is 2.80. The number of hydrogen-bond acceptors (Lipinski definition) is 5. The van der Waals surface area contributed by atoms with Crippen molar-refractivity contribution in [3.63, 3.8) is 0 Å². The summed E-state index contributed by atoms with van der Waals surface area (Å²) in [6.45, 7) is 4.62. The van der Waals surface area contributed by atoms with E-state index >= 15 is 0 Å². The average molecular weight is 330 g/mol. The summed E-state index contributed by atoms with van der Waals surface area (Å²) in [5.41, 5.74) is 1.95. The van der Waals surface area contributed by atoms with E-state index in [1.807, 2.05) is 13.0 Å². The molecule has 1 atom stereocenters. The third-order valence-corrected chi connectivity index (χ3v) is 5.16. The predicted molar refractivity (Wildman–Crippen MR) is 91.6 cm³/mol. The van der Waals surface area contributed by atoms with Gasteiger partial charge in [-0.1, -0.05) is 41.2 Å². The van der Waals surface area contributed by atoms with E-state index in [1.54, 1.807) is 0 Å². The van der Waals surface area contributed by atoms with Crippen molar-refractivity contribution >= 4 is 17.4 Å². The lowest BCUT2D eigenvalue weighted by molar-refractivity contribution is 0.0927. The number of rotatable bonds is 5. The number of aryl methyl sites for hydroxylation is 1. The second-order valence-corrected chi connectivity index (χ2v) is 6.67. The molecule has 1 saturated heterocycles. The summed E-state index contributed by atoms with van der Waals surface area (Å²) in [6.07, 6.45) is 3.76. The van der Waals surface area contributed by atoms with Crippen LogP contribution in [0.15, 0.2) is 30.3 Å². The van der Waals surface area contributed by atoms with E-state index in [1.165, 1.54) is 24.8 Å².